The van der Waals surface area contributed by atoms with Crippen LogP contribution in [-0.2, 0) is 4.79 Å². The van der Waals surface area contributed by atoms with Crippen LogP contribution in [0.1, 0.15) is 33.3 Å². The van der Waals surface area contributed by atoms with E-state index in [1.165, 1.54) is 28.6 Å². The molecule has 2 aromatic carbocycles. The molecule has 160 valence electrons. The lowest BCUT2D eigenvalue weighted by molar-refractivity contribution is -0.117. The number of halogens is 1. The van der Waals surface area contributed by atoms with Crippen molar-refractivity contribution in [3.8, 4) is 0 Å². The molecule has 0 saturated carbocycles. The molecule has 6 nitrogen and oxygen atoms in total. The number of Topliss-reactive ketones (excluding diaryl/α,β-unsaturated/α-hetero) is 1. The van der Waals surface area contributed by atoms with E-state index in [1.807, 2.05) is 26.0 Å². The summed E-state index contributed by atoms with van der Waals surface area (Å²) in [5.74, 6) is -1.82. The van der Waals surface area contributed by atoms with Crippen molar-refractivity contribution in [2.24, 2.45) is 0 Å². The second-order valence-electron chi connectivity index (χ2n) is 7.62. The number of nitrogens with zero attached hydrogens (tertiary/aromatic N) is 2. The molecule has 1 atom stereocenters. The van der Waals surface area contributed by atoms with E-state index in [2.05, 4.69) is 0 Å². The molecule has 8 heteroatoms. The molecule has 3 heterocycles. The van der Waals surface area contributed by atoms with Crippen molar-refractivity contribution in [1.29, 1.82) is 0 Å². The maximum absolute atomic E-state index is 13.2. The van der Waals surface area contributed by atoms with Crippen molar-refractivity contribution in [1.82, 2.24) is 4.98 Å². The minimum atomic E-state index is -0.876. The summed E-state index contributed by atoms with van der Waals surface area (Å²) in [6.07, 6.45) is 1.37. The normalized spacial score (nSPS) is 16.4. The van der Waals surface area contributed by atoms with Crippen LogP contribution in [0.4, 0.5) is 5.13 Å². The first-order valence-electron chi connectivity index (χ1n) is 9.83. The third kappa shape index (κ3) is 3.21. The third-order valence-corrected chi connectivity index (χ3v) is 6.66. The van der Waals surface area contributed by atoms with Gasteiger partial charge in [-0.2, -0.15) is 0 Å². The van der Waals surface area contributed by atoms with Gasteiger partial charge in [0.1, 0.15) is 0 Å². The van der Waals surface area contributed by atoms with Gasteiger partial charge in [-0.1, -0.05) is 41.1 Å². The number of carbonyl (C=O) groups is 2. The van der Waals surface area contributed by atoms with Gasteiger partial charge in [0.2, 0.25) is 5.78 Å². The number of aryl methyl sites for hydroxylation is 2. The van der Waals surface area contributed by atoms with Crippen LogP contribution in [0.5, 0.6) is 0 Å². The molecule has 1 aliphatic heterocycles. The zero-order chi connectivity index (χ0) is 22.6. The molecule has 1 N–H and O–H groups in total. The van der Waals surface area contributed by atoms with Crippen molar-refractivity contribution in [3.63, 3.8) is 0 Å². The third-order valence-electron chi connectivity index (χ3n) is 5.41. The Kier molecular flexibility index (Phi) is 4.87. The van der Waals surface area contributed by atoms with E-state index >= 15 is 0 Å². The minimum absolute atomic E-state index is 0.0379. The summed E-state index contributed by atoms with van der Waals surface area (Å²) in [6.45, 7) is 3.96. The molecule has 32 heavy (non-hydrogen) atoms. The average Bonchev–Trinajstić information content (AvgIpc) is 3.48. The highest BCUT2D eigenvalue weighted by atomic mass is 35.5. The van der Waals surface area contributed by atoms with Crippen LogP contribution < -0.4 is 4.90 Å². The van der Waals surface area contributed by atoms with Crippen molar-refractivity contribution in [3.05, 3.63) is 93.6 Å². The summed E-state index contributed by atoms with van der Waals surface area (Å²) in [7, 11) is 0. The van der Waals surface area contributed by atoms with Gasteiger partial charge < -0.3 is 9.52 Å². The highest BCUT2D eigenvalue weighted by molar-refractivity contribution is 7.22. The second kappa shape index (κ2) is 7.62. The van der Waals surface area contributed by atoms with Gasteiger partial charge in [-0.15, -0.1) is 0 Å². The highest BCUT2D eigenvalue weighted by Crippen LogP contribution is 2.44. The molecule has 1 aliphatic rings. The van der Waals surface area contributed by atoms with Crippen molar-refractivity contribution < 1.29 is 19.1 Å². The molecule has 0 saturated heterocycles. The number of hydrogen-bond donors (Lipinski definition) is 1. The van der Waals surface area contributed by atoms with E-state index in [4.69, 9.17) is 21.0 Å². The van der Waals surface area contributed by atoms with Gasteiger partial charge >= 0.3 is 0 Å². The van der Waals surface area contributed by atoms with Gasteiger partial charge in [0.15, 0.2) is 16.7 Å². The Balaban J connectivity index is 1.70. The number of thiazole rings is 1. The number of aliphatic hydroxyl groups excluding tert-OH is 1. The maximum atomic E-state index is 13.2. The number of carbonyl (C=O) groups excluding carboxylic acids is 2. The summed E-state index contributed by atoms with van der Waals surface area (Å²) in [6, 6.07) is 13.0. The van der Waals surface area contributed by atoms with E-state index in [-0.39, 0.29) is 11.3 Å². The molecule has 0 bridgehead atoms. The molecule has 2 aromatic heterocycles. The Hall–Kier alpha value is -3.42. The number of rotatable bonds is 4. The number of furan rings is 1. The molecule has 0 fully saturated rings. The summed E-state index contributed by atoms with van der Waals surface area (Å²) < 4.78 is 6.18. The van der Waals surface area contributed by atoms with E-state index in [9.17, 15) is 14.7 Å². The number of aromatic nitrogens is 1. The number of aliphatic hydroxyl groups is 1. The first-order chi connectivity index (χ1) is 15.3. The topological polar surface area (TPSA) is 83.6 Å². The molecule has 4 aromatic rings. The fourth-order valence-electron chi connectivity index (χ4n) is 4.00. The number of hydrogen-bond acceptors (Lipinski definition) is 6. The van der Waals surface area contributed by atoms with Gasteiger partial charge in [0.25, 0.3) is 5.91 Å². The SMILES string of the molecule is Cc1cc(C)c2nc(N3C(=O)C(O)=C(C(=O)c4ccco4)[C@@H]3c3ccc(Cl)cc3)sc2c1. The van der Waals surface area contributed by atoms with Crippen LogP contribution in [0.2, 0.25) is 5.02 Å². The minimum Gasteiger partial charge on any atom is -0.503 e. The monoisotopic (exact) mass is 464 g/mol. The molecule has 0 unspecified atom stereocenters. The van der Waals surface area contributed by atoms with E-state index in [0.29, 0.717) is 15.7 Å². The molecule has 5 rings (SSSR count). The van der Waals surface area contributed by atoms with Crippen LogP contribution in [0.15, 0.2) is 70.5 Å². The van der Waals surface area contributed by atoms with Crippen LogP contribution in [0.25, 0.3) is 10.2 Å². The van der Waals surface area contributed by atoms with Crippen LogP contribution in [0.3, 0.4) is 0 Å². The Labute approximate surface area is 192 Å². The number of fused-ring (bicyclic) bond motifs is 1. The quantitative estimate of drug-likeness (QED) is 0.378. The Bertz CT molecular complexity index is 1400. The average molecular weight is 465 g/mol. The van der Waals surface area contributed by atoms with Gasteiger partial charge in [-0.25, -0.2) is 4.98 Å². The Morgan fingerprint density at radius 1 is 1.19 bits per heavy atom. The van der Waals surface area contributed by atoms with Crippen LogP contribution in [-0.4, -0.2) is 21.8 Å². The smallest absolute Gasteiger partial charge is 0.296 e. The summed E-state index contributed by atoms with van der Waals surface area (Å²) in [4.78, 5) is 32.5. The van der Waals surface area contributed by atoms with Crippen LogP contribution in [0, 0.1) is 13.8 Å². The lowest BCUT2D eigenvalue weighted by atomic mass is 9.95. The van der Waals surface area contributed by atoms with Gasteiger partial charge in [0, 0.05) is 5.02 Å². The molecule has 0 aliphatic carbocycles. The maximum Gasteiger partial charge on any atom is 0.296 e. The summed E-state index contributed by atoms with van der Waals surface area (Å²) in [5.41, 5.74) is 3.42. The predicted octanol–water partition coefficient (Wildman–Crippen LogP) is 5.94. The van der Waals surface area contributed by atoms with E-state index in [0.717, 1.165) is 21.3 Å². The molecule has 1 amide bonds. The van der Waals surface area contributed by atoms with Crippen molar-refractivity contribution in [2.45, 2.75) is 19.9 Å². The molecule has 0 radical (unpaired) electrons. The largest absolute Gasteiger partial charge is 0.503 e. The molecular weight excluding hydrogens is 448 g/mol. The second-order valence-corrected chi connectivity index (χ2v) is 9.07. The zero-order valence-corrected chi connectivity index (χ0v) is 18.7. The first kappa shape index (κ1) is 20.5. The van der Waals surface area contributed by atoms with Gasteiger partial charge in [-0.05, 0) is 60.9 Å². The zero-order valence-electron chi connectivity index (χ0n) is 17.1. The standard InChI is InChI=1S/C24H17ClN2O4S/c1-12-10-13(2)19-17(11-12)32-24(26-19)27-20(14-5-7-15(25)8-6-14)18(22(29)23(27)30)21(28)16-4-3-9-31-16/h3-11,20,29H,1-2H3/t20-/m0/s1. The fraction of sp³-hybridized carbons (Fsp3) is 0.125. The first-order valence-corrected chi connectivity index (χ1v) is 11.0. The number of benzene rings is 2. The lowest BCUT2D eigenvalue weighted by Crippen LogP contribution is -2.30. The fourth-order valence-corrected chi connectivity index (χ4v) is 5.29. The molecular formula is C24H17ClN2O4S. The lowest BCUT2D eigenvalue weighted by Gasteiger charge is -2.24. The molecule has 0 spiro atoms. The van der Waals surface area contributed by atoms with Crippen molar-refractivity contribution in [2.75, 3.05) is 4.90 Å². The van der Waals surface area contributed by atoms with Crippen molar-refractivity contribution >= 4 is 50.0 Å². The Morgan fingerprint density at radius 2 is 1.94 bits per heavy atom. The number of anilines is 1. The van der Waals surface area contributed by atoms with Gasteiger partial charge in [-0.3, -0.25) is 14.5 Å². The van der Waals surface area contributed by atoms with E-state index in [1.54, 1.807) is 30.3 Å². The van der Waals surface area contributed by atoms with Crippen LogP contribution >= 0.6 is 22.9 Å². The summed E-state index contributed by atoms with van der Waals surface area (Å²) in [5, 5.41) is 11.7. The summed E-state index contributed by atoms with van der Waals surface area (Å²) >= 11 is 7.40. The number of ketones is 1. The van der Waals surface area contributed by atoms with E-state index < -0.39 is 23.5 Å². The predicted molar refractivity (Wildman–Crippen MR) is 123 cm³/mol. The Morgan fingerprint density at radius 3 is 2.62 bits per heavy atom. The highest BCUT2D eigenvalue weighted by Gasteiger charge is 2.46. The van der Waals surface area contributed by atoms with Gasteiger partial charge in [0.05, 0.1) is 28.1 Å². The number of amides is 1.